The van der Waals surface area contributed by atoms with Gasteiger partial charge in [-0.1, -0.05) is 25.5 Å². The highest BCUT2D eigenvalue weighted by Gasteiger charge is 2.23. The van der Waals surface area contributed by atoms with E-state index in [1.807, 2.05) is 12.1 Å². The van der Waals surface area contributed by atoms with Gasteiger partial charge in [-0.2, -0.15) is 0 Å². The van der Waals surface area contributed by atoms with Crippen LogP contribution in [0, 0.1) is 5.92 Å². The second kappa shape index (κ2) is 7.65. The summed E-state index contributed by atoms with van der Waals surface area (Å²) in [4.78, 5) is 0. The Bertz CT molecular complexity index is 386. The van der Waals surface area contributed by atoms with Crippen LogP contribution in [0.15, 0.2) is 24.3 Å². The minimum absolute atomic E-state index is 0.343. The van der Waals surface area contributed by atoms with Crippen molar-refractivity contribution >= 4 is 0 Å². The topological polar surface area (TPSA) is 41.5 Å². The lowest BCUT2D eigenvalue weighted by Gasteiger charge is -2.32. The number of hydrogen-bond donors (Lipinski definition) is 2. The molecule has 1 fully saturated rings. The predicted octanol–water partition coefficient (Wildman–Crippen LogP) is 2.77. The van der Waals surface area contributed by atoms with Crippen LogP contribution in [0.4, 0.5) is 0 Å². The summed E-state index contributed by atoms with van der Waals surface area (Å²) >= 11 is 0. The fourth-order valence-corrected chi connectivity index (χ4v) is 2.50. The van der Waals surface area contributed by atoms with Gasteiger partial charge in [0.2, 0.25) is 0 Å². The van der Waals surface area contributed by atoms with Crippen LogP contribution in [0.5, 0.6) is 5.75 Å². The zero-order valence-electron chi connectivity index (χ0n) is 12.6. The summed E-state index contributed by atoms with van der Waals surface area (Å²) in [6.07, 6.45) is 4.58. The molecule has 0 aliphatic heterocycles. The van der Waals surface area contributed by atoms with E-state index in [1.165, 1.54) is 24.8 Å². The van der Waals surface area contributed by atoms with E-state index in [0.29, 0.717) is 19.2 Å². The molecule has 0 heterocycles. The van der Waals surface area contributed by atoms with E-state index in [0.717, 1.165) is 18.1 Å². The second-order valence-electron chi connectivity index (χ2n) is 5.85. The van der Waals surface area contributed by atoms with Crippen LogP contribution in [0.3, 0.4) is 0 Å². The molecule has 1 aromatic carbocycles. The number of rotatable bonds is 8. The van der Waals surface area contributed by atoms with Gasteiger partial charge in [0.05, 0.1) is 0 Å². The van der Waals surface area contributed by atoms with E-state index < -0.39 is 6.10 Å². The van der Waals surface area contributed by atoms with Crippen molar-refractivity contribution in [3.8, 4) is 5.75 Å². The van der Waals surface area contributed by atoms with Gasteiger partial charge in [0.1, 0.15) is 18.5 Å². The quantitative estimate of drug-likeness (QED) is 0.768. The molecule has 20 heavy (non-hydrogen) atoms. The van der Waals surface area contributed by atoms with E-state index >= 15 is 0 Å². The van der Waals surface area contributed by atoms with Crippen molar-refractivity contribution in [3.63, 3.8) is 0 Å². The number of aliphatic hydroxyl groups is 1. The van der Waals surface area contributed by atoms with E-state index in [2.05, 4.69) is 31.3 Å². The highest BCUT2D eigenvalue weighted by Crippen LogP contribution is 2.29. The number of aryl methyl sites for hydroxylation is 1. The zero-order chi connectivity index (χ0) is 14.4. The number of ether oxygens (including phenoxy) is 1. The minimum atomic E-state index is -0.455. The molecule has 0 saturated heterocycles. The standard InChI is InChI=1S/C17H27NO2/c1-3-14-7-9-17(10-8-14)20-12-16(19)11-18-13(2)15-5-4-6-15/h7-10,13,15-16,18-19H,3-6,11-12H2,1-2H3. The van der Waals surface area contributed by atoms with Crippen LogP contribution in [-0.2, 0) is 6.42 Å². The van der Waals surface area contributed by atoms with Crippen molar-refractivity contribution in [2.45, 2.75) is 51.7 Å². The summed E-state index contributed by atoms with van der Waals surface area (Å²) in [6, 6.07) is 8.57. The molecule has 1 saturated carbocycles. The third-order valence-corrected chi connectivity index (χ3v) is 4.31. The normalized spacial score (nSPS) is 18.4. The molecule has 0 spiro atoms. The summed E-state index contributed by atoms with van der Waals surface area (Å²) in [6.45, 7) is 5.29. The first kappa shape index (κ1) is 15.3. The van der Waals surface area contributed by atoms with Crippen molar-refractivity contribution in [2.24, 2.45) is 5.92 Å². The Labute approximate surface area is 122 Å². The van der Waals surface area contributed by atoms with Gasteiger partial charge < -0.3 is 15.2 Å². The van der Waals surface area contributed by atoms with Crippen LogP contribution in [0.25, 0.3) is 0 Å². The molecule has 2 N–H and O–H groups in total. The van der Waals surface area contributed by atoms with Crippen LogP contribution in [-0.4, -0.2) is 30.4 Å². The molecule has 0 aromatic heterocycles. The molecule has 1 aliphatic carbocycles. The van der Waals surface area contributed by atoms with Crippen molar-refractivity contribution < 1.29 is 9.84 Å². The minimum Gasteiger partial charge on any atom is -0.491 e. The van der Waals surface area contributed by atoms with Crippen molar-refractivity contribution in [3.05, 3.63) is 29.8 Å². The van der Waals surface area contributed by atoms with E-state index in [9.17, 15) is 5.11 Å². The largest absolute Gasteiger partial charge is 0.491 e. The SMILES string of the molecule is CCc1ccc(OCC(O)CNC(C)C2CCC2)cc1. The first-order valence-electron chi connectivity index (χ1n) is 7.82. The Morgan fingerprint density at radius 3 is 2.55 bits per heavy atom. The molecule has 2 unspecified atom stereocenters. The lowest BCUT2D eigenvalue weighted by molar-refractivity contribution is 0.0982. The lowest BCUT2D eigenvalue weighted by atomic mass is 9.80. The Morgan fingerprint density at radius 1 is 1.30 bits per heavy atom. The summed E-state index contributed by atoms with van der Waals surface area (Å²) in [7, 11) is 0. The molecule has 3 heteroatoms. The fourth-order valence-electron chi connectivity index (χ4n) is 2.50. The lowest BCUT2D eigenvalue weighted by Crippen LogP contribution is -2.42. The van der Waals surface area contributed by atoms with Gasteiger partial charge >= 0.3 is 0 Å². The van der Waals surface area contributed by atoms with E-state index in [1.54, 1.807) is 0 Å². The molecule has 0 bridgehead atoms. The van der Waals surface area contributed by atoms with E-state index in [4.69, 9.17) is 4.74 Å². The molecule has 112 valence electrons. The van der Waals surface area contributed by atoms with Gasteiger partial charge in [0.25, 0.3) is 0 Å². The molecule has 0 amide bonds. The molecular formula is C17H27NO2. The smallest absolute Gasteiger partial charge is 0.119 e. The molecule has 2 rings (SSSR count). The van der Waals surface area contributed by atoms with E-state index in [-0.39, 0.29) is 0 Å². The number of nitrogens with one attached hydrogen (secondary N) is 1. The van der Waals surface area contributed by atoms with Crippen molar-refractivity contribution in [1.82, 2.24) is 5.32 Å². The van der Waals surface area contributed by atoms with Crippen molar-refractivity contribution in [1.29, 1.82) is 0 Å². The van der Waals surface area contributed by atoms with Crippen LogP contribution >= 0.6 is 0 Å². The summed E-state index contributed by atoms with van der Waals surface area (Å²) < 4.78 is 5.61. The van der Waals surface area contributed by atoms with Crippen molar-refractivity contribution in [2.75, 3.05) is 13.2 Å². The fraction of sp³-hybridized carbons (Fsp3) is 0.647. The Hall–Kier alpha value is -1.06. The van der Waals surface area contributed by atoms with Gasteiger partial charge in [-0.05, 0) is 49.8 Å². The highest BCUT2D eigenvalue weighted by atomic mass is 16.5. The second-order valence-corrected chi connectivity index (χ2v) is 5.85. The van der Waals surface area contributed by atoms with Crippen LogP contribution in [0.2, 0.25) is 0 Å². The molecule has 1 aromatic rings. The number of aliphatic hydroxyl groups excluding tert-OH is 1. The molecule has 2 atom stereocenters. The summed E-state index contributed by atoms with van der Waals surface area (Å²) in [5, 5.41) is 13.4. The van der Waals surface area contributed by atoms with Crippen LogP contribution < -0.4 is 10.1 Å². The Kier molecular flexibility index (Phi) is 5.86. The summed E-state index contributed by atoms with van der Waals surface area (Å²) in [5.74, 6) is 1.62. The van der Waals surface area contributed by atoms with Gasteiger partial charge in [0.15, 0.2) is 0 Å². The predicted molar refractivity (Wildman–Crippen MR) is 82.1 cm³/mol. The maximum Gasteiger partial charge on any atom is 0.119 e. The first-order valence-corrected chi connectivity index (χ1v) is 7.82. The highest BCUT2D eigenvalue weighted by molar-refractivity contribution is 5.27. The third-order valence-electron chi connectivity index (χ3n) is 4.31. The average molecular weight is 277 g/mol. The summed E-state index contributed by atoms with van der Waals surface area (Å²) in [5.41, 5.74) is 1.30. The first-order chi connectivity index (χ1) is 9.69. The number of benzene rings is 1. The van der Waals surface area contributed by atoms with Gasteiger partial charge in [-0.15, -0.1) is 0 Å². The molecule has 3 nitrogen and oxygen atoms in total. The zero-order valence-corrected chi connectivity index (χ0v) is 12.6. The Morgan fingerprint density at radius 2 is 2.00 bits per heavy atom. The van der Waals surface area contributed by atoms with Gasteiger partial charge in [-0.3, -0.25) is 0 Å². The van der Waals surface area contributed by atoms with Gasteiger partial charge in [0, 0.05) is 12.6 Å². The molecule has 1 aliphatic rings. The number of hydrogen-bond acceptors (Lipinski definition) is 3. The molecule has 0 radical (unpaired) electrons. The molecular weight excluding hydrogens is 250 g/mol. The Balaban J connectivity index is 1.64. The monoisotopic (exact) mass is 277 g/mol. The third kappa shape index (κ3) is 4.50. The maximum atomic E-state index is 9.95. The maximum absolute atomic E-state index is 9.95. The van der Waals surface area contributed by atoms with Gasteiger partial charge in [-0.25, -0.2) is 0 Å². The average Bonchev–Trinajstić information content (AvgIpc) is 2.41. The van der Waals surface area contributed by atoms with Crippen LogP contribution in [0.1, 0.15) is 38.7 Å².